The Morgan fingerprint density at radius 3 is 2.68 bits per heavy atom. The Bertz CT molecular complexity index is 957. The van der Waals surface area contributed by atoms with E-state index in [-0.39, 0.29) is 11.7 Å². The maximum Gasteiger partial charge on any atom is 0.135 e. The summed E-state index contributed by atoms with van der Waals surface area (Å²) >= 11 is 0. The number of hydrogen-bond donors (Lipinski definition) is 2. The van der Waals surface area contributed by atoms with Gasteiger partial charge in [-0.1, -0.05) is 18.2 Å². The Morgan fingerprint density at radius 1 is 1.11 bits per heavy atom. The molecule has 1 unspecified atom stereocenters. The van der Waals surface area contributed by atoms with Gasteiger partial charge in [-0.15, -0.1) is 0 Å². The summed E-state index contributed by atoms with van der Waals surface area (Å²) in [5, 5.41) is 3.23. The number of likely N-dealkylation sites (tertiary alicyclic amines) is 1. The summed E-state index contributed by atoms with van der Waals surface area (Å²) in [6.07, 6.45) is 2.19. The maximum absolute atomic E-state index is 13.6. The third-order valence-corrected chi connectivity index (χ3v) is 5.04. The number of halogens is 1. The predicted octanol–water partition coefficient (Wildman–Crippen LogP) is 4.42. The third kappa shape index (κ3) is 4.28. The zero-order valence-electron chi connectivity index (χ0n) is 15.9. The van der Waals surface area contributed by atoms with Gasteiger partial charge < -0.3 is 16.0 Å². The first kappa shape index (κ1) is 18.4. The van der Waals surface area contributed by atoms with Gasteiger partial charge in [-0.2, -0.15) is 0 Å². The summed E-state index contributed by atoms with van der Waals surface area (Å²) in [6.45, 7) is 2.03. The molecule has 0 spiro atoms. The standard InChI is InChI=1S/C22H24FN5/c1-28-11-3-4-16(14-28)22-26-20(15-7-9-18(24)10-8-15)13-21(27-22)25-19-6-2-5-17(23)12-19/h2,5-10,12-13,16H,3-4,11,14,24H2,1H3,(H,25,26,27). The van der Waals surface area contributed by atoms with Crippen molar-refractivity contribution in [2.24, 2.45) is 0 Å². The number of likely N-dealkylation sites (N-methyl/N-ethyl adjacent to an activating group) is 1. The van der Waals surface area contributed by atoms with Crippen molar-refractivity contribution < 1.29 is 4.39 Å². The van der Waals surface area contributed by atoms with Crippen molar-refractivity contribution in [3.63, 3.8) is 0 Å². The molecule has 0 bridgehead atoms. The number of rotatable bonds is 4. The van der Waals surface area contributed by atoms with Gasteiger partial charge >= 0.3 is 0 Å². The fourth-order valence-electron chi connectivity index (χ4n) is 3.61. The van der Waals surface area contributed by atoms with Crippen LogP contribution < -0.4 is 11.1 Å². The Morgan fingerprint density at radius 2 is 1.93 bits per heavy atom. The molecule has 1 fully saturated rings. The molecular weight excluding hydrogens is 353 g/mol. The molecule has 28 heavy (non-hydrogen) atoms. The van der Waals surface area contributed by atoms with Gasteiger partial charge in [-0.3, -0.25) is 0 Å². The zero-order chi connectivity index (χ0) is 19.5. The number of nitrogens with one attached hydrogen (secondary N) is 1. The van der Waals surface area contributed by atoms with Crippen LogP contribution >= 0.6 is 0 Å². The van der Waals surface area contributed by atoms with Crippen molar-refractivity contribution in [1.29, 1.82) is 0 Å². The SMILES string of the molecule is CN1CCCC(c2nc(Nc3cccc(F)c3)cc(-c3ccc(N)cc3)n2)C1. The third-order valence-electron chi connectivity index (χ3n) is 5.04. The summed E-state index contributed by atoms with van der Waals surface area (Å²) in [5.41, 5.74) is 9.01. The van der Waals surface area contributed by atoms with Crippen LogP contribution in [-0.4, -0.2) is 35.0 Å². The largest absolute Gasteiger partial charge is 0.399 e. The molecule has 5 nitrogen and oxygen atoms in total. The fourth-order valence-corrected chi connectivity index (χ4v) is 3.61. The summed E-state index contributed by atoms with van der Waals surface area (Å²) in [6, 6.07) is 15.9. The predicted molar refractivity (Wildman–Crippen MR) is 111 cm³/mol. The van der Waals surface area contributed by atoms with Gasteiger partial charge in [0, 0.05) is 35.5 Å². The van der Waals surface area contributed by atoms with E-state index < -0.39 is 0 Å². The van der Waals surface area contributed by atoms with Crippen LogP contribution in [0.3, 0.4) is 0 Å². The van der Waals surface area contributed by atoms with Crippen molar-refractivity contribution in [3.8, 4) is 11.3 Å². The van der Waals surface area contributed by atoms with E-state index in [1.165, 1.54) is 12.1 Å². The molecule has 3 N–H and O–H groups in total. The summed E-state index contributed by atoms with van der Waals surface area (Å²) < 4.78 is 13.6. The molecule has 1 aromatic heterocycles. The van der Waals surface area contributed by atoms with Crippen molar-refractivity contribution in [1.82, 2.24) is 14.9 Å². The highest BCUT2D eigenvalue weighted by atomic mass is 19.1. The van der Waals surface area contributed by atoms with Crippen molar-refractivity contribution in [2.45, 2.75) is 18.8 Å². The van der Waals surface area contributed by atoms with Crippen LogP contribution in [0.25, 0.3) is 11.3 Å². The Balaban J connectivity index is 1.72. The molecule has 6 heteroatoms. The number of nitrogens with zero attached hydrogens (tertiary/aromatic N) is 3. The molecular formula is C22H24FN5. The van der Waals surface area contributed by atoms with Crippen molar-refractivity contribution >= 4 is 17.2 Å². The van der Waals surface area contributed by atoms with E-state index in [4.69, 9.17) is 15.7 Å². The van der Waals surface area contributed by atoms with Crippen LogP contribution in [0.5, 0.6) is 0 Å². The van der Waals surface area contributed by atoms with Crippen LogP contribution in [-0.2, 0) is 0 Å². The second-order valence-electron chi connectivity index (χ2n) is 7.36. The van der Waals surface area contributed by atoms with E-state index >= 15 is 0 Å². The average molecular weight is 377 g/mol. The van der Waals surface area contributed by atoms with Crippen molar-refractivity contribution in [2.75, 3.05) is 31.2 Å². The smallest absolute Gasteiger partial charge is 0.135 e. The first-order chi connectivity index (χ1) is 13.6. The molecule has 4 rings (SSSR count). The molecule has 2 aromatic carbocycles. The van der Waals surface area contributed by atoms with Gasteiger partial charge in [-0.05, 0) is 56.8 Å². The van der Waals surface area contributed by atoms with Crippen molar-refractivity contribution in [3.05, 3.63) is 66.2 Å². The van der Waals surface area contributed by atoms with E-state index in [9.17, 15) is 4.39 Å². The van der Waals surface area contributed by atoms with Crippen LogP contribution in [0.15, 0.2) is 54.6 Å². The monoisotopic (exact) mass is 377 g/mol. The maximum atomic E-state index is 13.6. The number of aromatic nitrogens is 2. The minimum atomic E-state index is -0.285. The second-order valence-corrected chi connectivity index (χ2v) is 7.36. The number of anilines is 3. The first-order valence-electron chi connectivity index (χ1n) is 9.53. The molecule has 1 aliphatic heterocycles. The molecule has 0 aliphatic carbocycles. The number of hydrogen-bond acceptors (Lipinski definition) is 5. The molecule has 0 saturated carbocycles. The number of piperidine rings is 1. The lowest BCUT2D eigenvalue weighted by molar-refractivity contribution is 0.246. The summed E-state index contributed by atoms with van der Waals surface area (Å²) in [4.78, 5) is 11.9. The number of nitrogen functional groups attached to an aromatic ring is 1. The van der Waals surface area contributed by atoms with Gasteiger partial charge in [0.15, 0.2) is 0 Å². The lowest BCUT2D eigenvalue weighted by Gasteiger charge is -2.29. The fraction of sp³-hybridized carbons (Fsp3) is 0.273. The topological polar surface area (TPSA) is 67.1 Å². The van der Waals surface area contributed by atoms with Crippen LogP contribution in [0, 0.1) is 5.82 Å². The Labute approximate surface area is 164 Å². The van der Waals surface area contributed by atoms with Crippen LogP contribution in [0.4, 0.5) is 21.6 Å². The molecule has 1 aliphatic rings. The van der Waals surface area contributed by atoms with Crippen LogP contribution in [0.1, 0.15) is 24.6 Å². The molecule has 0 amide bonds. The van der Waals surface area contributed by atoms with Gasteiger partial charge in [0.1, 0.15) is 17.5 Å². The molecule has 1 atom stereocenters. The highest BCUT2D eigenvalue weighted by Gasteiger charge is 2.22. The van der Waals surface area contributed by atoms with Gasteiger partial charge in [0.25, 0.3) is 0 Å². The molecule has 1 saturated heterocycles. The lowest BCUT2D eigenvalue weighted by Crippen LogP contribution is -2.31. The zero-order valence-corrected chi connectivity index (χ0v) is 15.9. The van der Waals surface area contributed by atoms with E-state index in [1.54, 1.807) is 6.07 Å². The van der Waals surface area contributed by atoms with E-state index in [0.29, 0.717) is 17.2 Å². The van der Waals surface area contributed by atoms with Gasteiger partial charge in [0.05, 0.1) is 5.69 Å². The molecule has 0 radical (unpaired) electrons. The minimum Gasteiger partial charge on any atom is -0.399 e. The average Bonchev–Trinajstić information content (AvgIpc) is 2.68. The lowest BCUT2D eigenvalue weighted by atomic mass is 9.97. The summed E-state index contributed by atoms with van der Waals surface area (Å²) in [5.74, 6) is 1.47. The summed E-state index contributed by atoms with van der Waals surface area (Å²) in [7, 11) is 2.13. The Hall–Kier alpha value is -2.99. The van der Waals surface area contributed by atoms with Gasteiger partial charge in [-0.25, -0.2) is 14.4 Å². The van der Waals surface area contributed by atoms with E-state index in [1.807, 2.05) is 36.4 Å². The Kier molecular flexibility index (Phi) is 5.21. The first-order valence-corrected chi connectivity index (χ1v) is 9.53. The van der Waals surface area contributed by atoms with Gasteiger partial charge in [0.2, 0.25) is 0 Å². The minimum absolute atomic E-state index is 0.278. The second kappa shape index (κ2) is 7.94. The highest BCUT2D eigenvalue weighted by Crippen LogP contribution is 2.29. The number of nitrogens with two attached hydrogens (primary N) is 1. The quantitative estimate of drug-likeness (QED) is 0.659. The number of benzene rings is 2. The molecule has 144 valence electrons. The van der Waals surface area contributed by atoms with Crippen LogP contribution in [0.2, 0.25) is 0 Å². The molecule has 2 heterocycles. The normalized spacial score (nSPS) is 17.4. The van der Waals surface area contributed by atoms with E-state index in [2.05, 4.69) is 17.3 Å². The highest BCUT2D eigenvalue weighted by molar-refractivity contribution is 5.67. The van der Waals surface area contributed by atoms with E-state index in [0.717, 1.165) is 43.0 Å². The molecule has 3 aromatic rings.